The van der Waals surface area contributed by atoms with E-state index in [1.807, 2.05) is 5.92 Å². The molecule has 0 nitrogen and oxygen atoms in total. The molecule has 0 heteroatoms. The van der Waals surface area contributed by atoms with Crippen molar-refractivity contribution in [3.8, 4) is 0 Å². The van der Waals surface area contributed by atoms with Crippen molar-refractivity contribution >= 4 is 0 Å². The van der Waals surface area contributed by atoms with Gasteiger partial charge in [0.2, 0.25) is 0 Å². The van der Waals surface area contributed by atoms with Gasteiger partial charge in [0.25, 0.3) is 0 Å². The Morgan fingerprint density at radius 3 is 2.40 bits per heavy atom. The van der Waals surface area contributed by atoms with Crippen molar-refractivity contribution in [3.05, 3.63) is 5.92 Å². The predicted molar refractivity (Wildman–Crippen MR) is 43.5 cm³/mol. The second kappa shape index (κ2) is 2.25. The molecule has 0 saturated heterocycles. The highest BCUT2D eigenvalue weighted by Gasteiger charge is 2.40. The average molecular weight is 137 g/mol. The monoisotopic (exact) mass is 137 g/mol. The van der Waals surface area contributed by atoms with Crippen LogP contribution in [0.4, 0.5) is 0 Å². The molecule has 2 saturated carbocycles. The molecule has 10 heavy (non-hydrogen) atoms. The molecule has 2 bridgehead atoms. The van der Waals surface area contributed by atoms with Crippen LogP contribution in [0.15, 0.2) is 0 Å². The topological polar surface area (TPSA) is 0 Å². The van der Waals surface area contributed by atoms with E-state index in [4.69, 9.17) is 0 Å². The fourth-order valence-electron chi connectivity index (χ4n) is 2.80. The highest BCUT2D eigenvalue weighted by Crippen LogP contribution is 2.52. The fraction of sp³-hybridized carbons (Fsp3) is 0.900. The minimum atomic E-state index is 0.871. The Balaban J connectivity index is 2.02. The summed E-state index contributed by atoms with van der Waals surface area (Å²) in [6.07, 6.45) is 6.05. The third-order valence-electron chi connectivity index (χ3n) is 3.33. The van der Waals surface area contributed by atoms with E-state index in [0.29, 0.717) is 0 Å². The largest absolute Gasteiger partial charge is 0.0622 e. The van der Waals surface area contributed by atoms with Gasteiger partial charge in [0.1, 0.15) is 0 Å². The van der Waals surface area contributed by atoms with Crippen molar-refractivity contribution in [2.45, 2.75) is 39.5 Å². The highest BCUT2D eigenvalue weighted by molar-refractivity contribution is 5.10. The Kier molecular flexibility index (Phi) is 1.51. The van der Waals surface area contributed by atoms with Crippen LogP contribution in [0.2, 0.25) is 0 Å². The average Bonchev–Trinajstić information content (AvgIpc) is 2.44. The van der Waals surface area contributed by atoms with Gasteiger partial charge in [-0.3, -0.25) is 0 Å². The molecule has 0 aromatic heterocycles. The van der Waals surface area contributed by atoms with Crippen LogP contribution >= 0.6 is 0 Å². The van der Waals surface area contributed by atoms with E-state index in [2.05, 4.69) is 13.8 Å². The normalized spacial score (nSPS) is 39.9. The summed E-state index contributed by atoms with van der Waals surface area (Å²) in [7, 11) is 0. The SMILES string of the molecule is CC(C)[C]1CC2CCC1C2. The molecule has 0 aromatic rings. The van der Waals surface area contributed by atoms with Gasteiger partial charge < -0.3 is 0 Å². The third kappa shape index (κ3) is 0.889. The molecule has 0 N–H and O–H groups in total. The maximum atomic E-state index is 2.36. The van der Waals surface area contributed by atoms with E-state index in [1.165, 1.54) is 25.7 Å². The first-order chi connectivity index (χ1) is 4.77. The van der Waals surface area contributed by atoms with Gasteiger partial charge in [-0.1, -0.05) is 20.3 Å². The van der Waals surface area contributed by atoms with Crippen molar-refractivity contribution in [1.82, 2.24) is 0 Å². The van der Waals surface area contributed by atoms with Crippen LogP contribution < -0.4 is 0 Å². The zero-order valence-corrected chi connectivity index (χ0v) is 7.06. The van der Waals surface area contributed by atoms with Gasteiger partial charge in [-0.25, -0.2) is 0 Å². The molecule has 2 aliphatic rings. The number of hydrogen-bond acceptors (Lipinski definition) is 0. The third-order valence-corrected chi connectivity index (χ3v) is 3.33. The lowest BCUT2D eigenvalue weighted by atomic mass is 9.81. The molecule has 2 fully saturated rings. The minimum absolute atomic E-state index is 0.871. The Labute approximate surface area is 64.0 Å². The summed E-state index contributed by atoms with van der Waals surface area (Å²) in [4.78, 5) is 0. The maximum absolute atomic E-state index is 2.36. The van der Waals surface area contributed by atoms with E-state index in [-0.39, 0.29) is 0 Å². The van der Waals surface area contributed by atoms with E-state index in [1.54, 1.807) is 0 Å². The minimum Gasteiger partial charge on any atom is -0.0622 e. The second-order valence-electron chi connectivity index (χ2n) is 4.31. The Morgan fingerprint density at radius 2 is 2.10 bits per heavy atom. The molecular weight excluding hydrogens is 120 g/mol. The Hall–Kier alpha value is 0. The van der Waals surface area contributed by atoms with Crippen LogP contribution in [0, 0.1) is 23.7 Å². The van der Waals surface area contributed by atoms with Gasteiger partial charge in [0.15, 0.2) is 0 Å². The zero-order valence-electron chi connectivity index (χ0n) is 7.06. The molecule has 2 rings (SSSR count). The second-order valence-corrected chi connectivity index (χ2v) is 4.31. The van der Waals surface area contributed by atoms with Crippen LogP contribution in [0.5, 0.6) is 0 Å². The summed E-state index contributed by atoms with van der Waals surface area (Å²) < 4.78 is 0. The van der Waals surface area contributed by atoms with E-state index in [0.717, 1.165) is 17.8 Å². The Morgan fingerprint density at radius 1 is 1.30 bits per heavy atom. The van der Waals surface area contributed by atoms with E-state index < -0.39 is 0 Å². The molecule has 0 amide bonds. The molecular formula is C10H17. The molecule has 2 unspecified atom stereocenters. The maximum Gasteiger partial charge on any atom is -0.0182 e. The lowest BCUT2D eigenvalue weighted by Gasteiger charge is -2.24. The van der Waals surface area contributed by atoms with Crippen LogP contribution in [-0.2, 0) is 0 Å². The molecule has 1 radical (unpaired) electrons. The van der Waals surface area contributed by atoms with Crippen molar-refractivity contribution in [2.75, 3.05) is 0 Å². The van der Waals surface area contributed by atoms with Gasteiger partial charge in [0, 0.05) is 0 Å². The highest BCUT2D eigenvalue weighted by atomic mass is 14.5. The summed E-state index contributed by atoms with van der Waals surface area (Å²) in [6, 6.07) is 0. The van der Waals surface area contributed by atoms with Crippen LogP contribution in [0.3, 0.4) is 0 Å². The van der Waals surface area contributed by atoms with Crippen LogP contribution in [-0.4, -0.2) is 0 Å². The van der Waals surface area contributed by atoms with E-state index >= 15 is 0 Å². The standard InChI is InChI=1S/C10H17/c1-7(2)10-6-8-3-4-9(10)5-8/h7-9H,3-6H2,1-2H3. The summed E-state index contributed by atoms with van der Waals surface area (Å²) in [6.45, 7) is 4.71. The zero-order chi connectivity index (χ0) is 7.14. The van der Waals surface area contributed by atoms with Crippen LogP contribution in [0.1, 0.15) is 39.5 Å². The van der Waals surface area contributed by atoms with Gasteiger partial charge in [-0.05, 0) is 42.9 Å². The summed E-state index contributed by atoms with van der Waals surface area (Å²) in [5, 5.41) is 0. The molecule has 0 heterocycles. The van der Waals surface area contributed by atoms with Crippen LogP contribution in [0.25, 0.3) is 0 Å². The first-order valence-electron chi connectivity index (χ1n) is 4.63. The fourth-order valence-corrected chi connectivity index (χ4v) is 2.80. The smallest absolute Gasteiger partial charge is 0.0182 e. The molecule has 0 aromatic carbocycles. The van der Waals surface area contributed by atoms with Crippen molar-refractivity contribution in [1.29, 1.82) is 0 Å². The number of rotatable bonds is 1. The molecule has 0 spiro atoms. The first kappa shape index (κ1) is 6.69. The molecule has 0 aliphatic heterocycles. The summed E-state index contributed by atoms with van der Waals surface area (Å²) in [5.41, 5.74) is 0. The van der Waals surface area contributed by atoms with Crippen molar-refractivity contribution in [2.24, 2.45) is 17.8 Å². The number of fused-ring (bicyclic) bond motifs is 2. The molecule has 2 atom stereocenters. The van der Waals surface area contributed by atoms with Gasteiger partial charge in [-0.15, -0.1) is 0 Å². The lowest BCUT2D eigenvalue weighted by Crippen LogP contribution is -2.13. The summed E-state index contributed by atoms with van der Waals surface area (Å²) >= 11 is 0. The Bertz CT molecular complexity index is 126. The van der Waals surface area contributed by atoms with Gasteiger partial charge >= 0.3 is 0 Å². The quantitative estimate of drug-likeness (QED) is 0.521. The van der Waals surface area contributed by atoms with Crippen molar-refractivity contribution < 1.29 is 0 Å². The summed E-state index contributed by atoms with van der Waals surface area (Å²) in [5.74, 6) is 4.90. The van der Waals surface area contributed by atoms with Gasteiger partial charge in [0.05, 0.1) is 0 Å². The predicted octanol–water partition coefficient (Wildman–Crippen LogP) is 3.04. The van der Waals surface area contributed by atoms with Gasteiger partial charge in [-0.2, -0.15) is 0 Å². The van der Waals surface area contributed by atoms with Crippen molar-refractivity contribution in [3.63, 3.8) is 0 Å². The van der Waals surface area contributed by atoms with E-state index in [9.17, 15) is 0 Å². The molecule has 2 aliphatic carbocycles. The first-order valence-corrected chi connectivity index (χ1v) is 4.63. The number of hydrogen-bond donors (Lipinski definition) is 0. The molecule has 57 valence electrons. The lowest BCUT2D eigenvalue weighted by molar-refractivity contribution is 0.437.